The maximum absolute atomic E-state index is 12.6. The van der Waals surface area contributed by atoms with Gasteiger partial charge in [0.25, 0.3) is 5.91 Å². The van der Waals surface area contributed by atoms with Gasteiger partial charge >= 0.3 is 0 Å². The van der Waals surface area contributed by atoms with Gasteiger partial charge in [0.1, 0.15) is 13.2 Å². The van der Waals surface area contributed by atoms with Crippen molar-refractivity contribution in [3.05, 3.63) is 53.1 Å². The second-order valence-electron chi connectivity index (χ2n) is 6.50. The molecule has 1 atom stereocenters. The topological polar surface area (TPSA) is 93.7 Å². The lowest BCUT2D eigenvalue weighted by atomic mass is 10.1. The van der Waals surface area contributed by atoms with Crippen molar-refractivity contribution in [1.82, 2.24) is 5.32 Å². The molecule has 0 bridgehead atoms. The number of hydrogen-bond acceptors (Lipinski definition) is 5. The number of benzene rings is 2. The van der Waals surface area contributed by atoms with Crippen LogP contribution in [0.25, 0.3) is 0 Å². The number of carbonyl (C=O) groups excluding carboxylic acids is 1. The van der Waals surface area contributed by atoms with Crippen LogP contribution in [0.2, 0.25) is 0 Å². The van der Waals surface area contributed by atoms with Crippen molar-refractivity contribution < 1.29 is 22.7 Å². The molecule has 1 aliphatic heterocycles. The average molecular weight is 390 g/mol. The Morgan fingerprint density at radius 3 is 2.48 bits per heavy atom. The highest BCUT2D eigenvalue weighted by molar-refractivity contribution is 7.92. The Labute approximate surface area is 158 Å². The van der Waals surface area contributed by atoms with Gasteiger partial charge < -0.3 is 14.8 Å². The first-order chi connectivity index (χ1) is 12.7. The highest BCUT2D eigenvalue weighted by atomic mass is 32.2. The molecule has 0 saturated carbocycles. The molecule has 0 radical (unpaired) electrons. The molecular weight excluding hydrogens is 368 g/mol. The van der Waals surface area contributed by atoms with Gasteiger partial charge in [-0.05, 0) is 49.2 Å². The highest BCUT2D eigenvalue weighted by Gasteiger charge is 2.17. The number of rotatable bonds is 5. The molecule has 2 aromatic carbocycles. The van der Waals surface area contributed by atoms with Crippen molar-refractivity contribution in [2.45, 2.75) is 19.9 Å². The maximum atomic E-state index is 12.6. The zero-order valence-electron chi connectivity index (χ0n) is 15.4. The summed E-state index contributed by atoms with van der Waals surface area (Å²) < 4.78 is 36.5. The molecule has 1 heterocycles. The molecule has 0 saturated heterocycles. The van der Waals surface area contributed by atoms with Crippen LogP contribution < -0.4 is 19.5 Å². The van der Waals surface area contributed by atoms with Gasteiger partial charge in [-0.2, -0.15) is 0 Å². The minimum absolute atomic E-state index is 0.263. The summed E-state index contributed by atoms with van der Waals surface area (Å²) in [6.45, 7) is 4.66. The number of nitrogens with one attached hydrogen (secondary N) is 2. The van der Waals surface area contributed by atoms with Crippen molar-refractivity contribution >= 4 is 21.6 Å². The number of aryl methyl sites for hydroxylation is 1. The van der Waals surface area contributed by atoms with Crippen LogP contribution in [-0.2, 0) is 10.0 Å². The molecule has 144 valence electrons. The Morgan fingerprint density at radius 2 is 1.78 bits per heavy atom. The lowest BCUT2D eigenvalue weighted by Crippen LogP contribution is -2.27. The van der Waals surface area contributed by atoms with Gasteiger partial charge in [0.15, 0.2) is 11.5 Å². The predicted molar refractivity (Wildman–Crippen MR) is 103 cm³/mol. The van der Waals surface area contributed by atoms with Crippen LogP contribution in [0.1, 0.15) is 34.5 Å². The van der Waals surface area contributed by atoms with E-state index in [-0.39, 0.29) is 11.9 Å². The van der Waals surface area contributed by atoms with Crippen LogP contribution in [-0.4, -0.2) is 33.8 Å². The largest absolute Gasteiger partial charge is 0.486 e. The monoisotopic (exact) mass is 390 g/mol. The molecule has 27 heavy (non-hydrogen) atoms. The molecule has 1 aliphatic rings. The van der Waals surface area contributed by atoms with Gasteiger partial charge in [-0.3, -0.25) is 9.52 Å². The third-order valence-electron chi connectivity index (χ3n) is 4.21. The van der Waals surface area contributed by atoms with Crippen LogP contribution in [0.4, 0.5) is 5.69 Å². The van der Waals surface area contributed by atoms with Crippen LogP contribution >= 0.6 is 0 Å². The molecule has 0 spiro atoms. The number of amides is 1. The van der Waals surface area contributed by atoms with Gasteiger partial charge in [0, 0.05) is 5.56 Å². The number of anilines is 1. The SMILES string of the molecule is Cc1ccc(C(=O)N[C@@H](C)c2ccc3c(c2)OCCO3)cc1NS(C)(=O)=O. The van der Waals surface area contributed by atoms with Gasteiger partial charge in [0.05, 0.1) is 18.0 Å². The molecule has 0 fully saturated rings. The second-order valence-corrected chi connectivity index (χ2v) is 8.25. The Kier molecular flexibility index (Phi) is 5.27. The Morgan fingerprint density at radius 1 is 1.07 bits per heavy atom. The summed E-state index contributed by atoms with van der Waals surface area (Å²) in [5, 5.41) is 2.92. The third kappa shape index (κ3) is 4.71. The molecule has 1 amide bonds. The number of fused-ring (bicyclic) bond motifs is 1. The lowest BCUT2D eigenvalue weighted by molar-refractivity contribution is 0.0939. The van der Waals surface area contributed by atoms with E-state index < -0.39 is 10.0 Å². The number of carbonyl (C=O) groups is 1. The Bertz CT molecular complexity index is 972. The van der Waals surface area contributed by atoms with Crippen LogP contribution in [0, 0.1) is 6.92 Å². The zero-order valence-corrected chi connectivity index (χ0v) is 16.2. The van der Waals surface area contributed by atoms with E-state index in [4.69, 9.17) is 9.47 Å². The van der Waals surface area contributed by atoms with Gasteiger partial charge in [-0.1, -0.05) is 12.1 Å². The minimum atomic E-state index is -3.42. The quantitative estimate of drug-likeness (QED) is 0.819. The standard InChI is InChI=1S/C19H22N2O5S/c1-12-4-5-15(10-16(12)21-27(3,23)24)19(22)20-13(2)14-6-7-17-18(11-14)26-9-8-25-17/h4-7,10-11,13,21H,8-9H2,1-3H3,(H,20,22)/t13-/m0/s1. The summed E-state index contributed by atoms with van der Waals surface area (Å²) in [7, 11) is -3.42. The summed E-state index contributed by atoms with van der Waals surface area (Å²) in [5.74, 6) is 1.06. The average Bonchev–Trinajstić information content (AvgIpc) is 2.62. The zero-order chi connectivity index (χ0) is 19.6. The van der Waals surface area contributed by atoms with E-state index in [0.29, 0.717) is 36.0 Å². The Hall–Kier alpha value is -2.74. The summed E-state index contributed by atoms with van der Waals surface area (Å²) >= 11 is 0. The van der Waals surface area contributed by atoms with E-state index in [1.807, 2.05) is 25.1 Å². The van der Waals surface area contributed by atoms with Crippen molar-refractivity contribution in [2.75, 3.05) is 24.2 Å². The first-order valence-electron chi connectivity index (χ1n) is 8.52. The molecule has 7 nitrogen and oxygen atoms in total. The molecule has 0 aromatic heterocycles. The van der Waals surface area contributed by atoms with Gasteiger partial charge in [0.2, 0.25) is 10.0 Å². The first-order valence-corrected chi connectivity index (χ1v) is 10.4. The van der Waals surface area contributed by atoms with Crippen molar-refractivity contribution in [2.24, 2.45) is 0 Å². The van der Waals surface area contributed by atoms with E-state index in [1.54, 1.807) is 19.1 Å². The number of hydrogen-bond donors (Lipinski definition) is 2. The van der Waals surface area contributed by atoms with Crippen molar-refractivity contribution in [3.8, 4) is 11.5 Å². The van der Waals surface area contributed by atoms with Gasteiger partial charge in [-0.15, -0.1) is 0 Å². The van der Waals surface area contributed by atoms with E-state index >= 15 is 0 Å². The molecule has 0 unspecified atom stereocenters. The predicted octanol–water partition coefficient (Wildman–Crippen LogP) is 2.63. The van der Waals surface area contributed by atoms with Crippen molar-refractivity contribution in [1.29, 1.82) is 0 Å². The number of ether oxygens (including phenoxy) is 2. The van der Waals surface area contributed by atoms with Crippen molar-refractivity contribution in [3.63, 3.8) is 0 Å². The first kappa shape index (κ1) is 19.0. The second kappa shape index (κ2) is 7.48. The van der Waals surface area contributed by atoms with E-state index in [9.17, 15) is 13.2 Å². The minimum Gasteiger partial charge on any atom is -0.486 e. The summed E-state index contributed by atoms with van der Waals surface area (Å²) in [6.07, 6.45) is 1.07. The van der Waals surface area contributed by atoms with Crippen LogP contribution in [0.5, 0.6) is 11.5 Å². The van der Waals surface area contributed by atoms with Crippen LogP contribution in [0.3, 0.4) is 0 Å². The van der Waals surface area contributed by atoms with E-state index in [0.717, 1.165) is 17.4 Å². The molecular formula is C19H22N2O5S. The maximum Gasteiger partial charge on any atom is 0.251 e. The third-order valence-corrected chi connectivity index (χ3v) is 4.80. The molecule has 2 aromatic rings. The van der Waals surface area contributed by atoms with Gasteiger partial charge in [-0.25, -0.2) is 8.42 Å². The van der Waals surface area contributed by atoms with E-state index in [1.165, 1.54) is 6.07 Å². The smallest absolute Gasteiger partial charge is 0.251 e. The fourth-order valence-corrected chi connectivity index (χ4v) is 3.38. The Balaban J connectivity index is 1.76. The normalized spacial score (nSPS) is 14.3. The molecule has 3 rings (SSSR count). The number of sulfonamides is 1. The lowest BCUT2D eigenvalue weighted by Gasteiger charge is -2.21. The molecule has 2 N–H and O–H groups in total. The highest BCUT2D eigenvalue weighted by Crippen LogP contribution is 2.32. The van der Waals surface area contributed by atoms with Crippen LogP contribution in [0.15, 0.2) is 36.4 Å². The fraction of sp³-hybridized carbons (Fsp3) is 0.316. The fourth-order valence-electron chi connectivity index (χ4n) is 2.77. The summed E-state index contributed by atoms with van der Waals surface area (Å²) in [5.41, 5.74) is 2.37. The summed E-state index contributed by atoms with van der Waals surface area (Å²) in [6, 6.07) is 10.2. The summed E-state index contributed by atoms with van der Waals surface area (Å²) in [4.78, 5) is 12.6. The molecule has 8 heteroatoms. The molecule has 0 aliphatic carbocycles. The van der Waals surface area contributed by atoms with E-state index in [2.05, 4.69) is 10.0 Å².